The maximum absolute atomic E-state index is 13.7. The standard InChI is InChI=1S/C18H16F2N2O/c1-22(11-14-7-8-15(19)9-16(14)20)12-18-21-10-17(23-18)13-5-3-2-4-6-13/h2-10H,11-12H2,1H3. The van der Waals surface area contributed by atoms with Crippen LogP contribution in [0.15, 0.2) is 59.1 Å². The van der Waals surface area contributed by atoms with Crippen molar-refractivity contribution in [3.63, 3.8) is 0 Å². The van der Waals surface area contributed by atoms with Gasteiger partial charge >= 0.3 is 0 Å². The summed E-state index contributed by atoms with van der Waals surface area (Å²) in [7, 11) is 1.83. The van der Waals surface area contributed by atoms with Gasteiger partial charge in [0.2, 0.25) is 5.89 Å². The van der Waals surface area contributed by atoms with Crippen molar-refractivity contribution >= 4 is 0 Å². The van der Waals surface area contributed by atoms with E-state index in [2.05, 4.69) is 4.98 Å². The minimum atomic E-state index is -0.575. The van der Waals surface area contributed by atoms with E-state index >= 15 is 0 Å². The van der Waals surface area contributed by atoms with Crippen molar-refractivity contribution in [2.45, 2.75) is 13.1 Å². The summed E-state index contributed by atoms with van der Waals surface area (Å²) < 4.78 is 32.3. The number of benzene rings is 2. The Morgan fingerprint density at radius 3 is 2.57 bits per heavy atom. The van der Waals surface area contributed by atoms with Crippen molar-refractivity contribution in [2.75, 3.05) is 7.05 Å². The van der Waals surface area contributed by atoms with E-state index in [1.54, 1.807) is 6.20 Å². The van der Waals surface area contributed by atoms with Crippen LogP contribution in [0.5, 0.6) is 0 Å². The number of hydrogen-bond acceptors (Lipinski definition) is 3. The van der Waals surface area contributed by atoms with Gasteiger partial charge in [0.05, 0.1) is 12.7 Å². The van der Waals surface area contributed by atoms with E-state index in [1.807, 2.05) is 42.3 Å². The molecule has 0 bridgehead atoms. The van der Waals surface area contributed by atoms with E-state index in [0.29, 0.717) is 30.3 Å². The highest BCUT2D eigenvalue weighted by Crippen LogP contribution is 2.20. The zero-order chi connectivity index (χ0) is 16.2. The Hall–Kier alpha value is -2.53. The van der Waals surface area contributed by atoms with Crippen LogP contribution >= 0.6 is 0 Å². The lowest BCUT2D eigenvalue weighted by molar-refractivity contribution is 0.279. The van der Waals surface area contributed by atoms with E-state index in [-0.39, 0.29) is 0 Å². The lowest BCUT2D eigenvalue weighted by atomic mass is 10.2. The molecule has 23 heavy (non-hydrogen) atoms. The summed E-state index contributed by atoms with van der Waals surface area (Å²) in [6.07, 6.45) is 1.68. The maximum Gasteiger partial charge on any atom is 0.209 e. The second-order valence-corrected chi connectivity index (χ2v) is 5.39. The Kier molecular flexibility index (Phi) is 4.48. The Bertz CT molecular complexity index is 787. The summed E-state index contributed by atoms with van der Waals surface area (Å²) in [4.78, 5) is 6.11. The molecule has 0 atom stereocenters. The summed E-state index contributed by atoms with van der Waals surface area (Å²) in [6.45, 7) is 0.777. The number of aromatic nitrogens is 1. The van der Waals surface area contributed by atoms with Crippen molar-refractivity contribution in [1.29, 1.82) is 0 Å². The lowest BCUT2D eigenvalue weighted by Gasteiger charge is -2.15. The SMILES string of the molecule is CN(Cc1ncc(-c2ccccc2)o1)Cc1ccc(F)cc1F. The maximum atomic E-state index is 13.7. The fraction of sp³-hybridized carbons (Fsp3) is 0.167. The molecule has 1 aromatic heterocycles. The quantitative estimate of drug-likeness (QED) is 0.705. The molecule has 0 saturated carbocycles. The third kappa shape index (κ3) is 3.81. The fourth-order valence-electron chi connectivity index (χ4n) is 2.35. The summed E-state index contributed by atoms with van der Waals surface area (Å²) in [5.74, 6) is 0.124. The molecule has 3 rings (SSSR count). The van der Waals surface area contributed by atoms with Crippen LogP contribution in [0.25, 0.3) is 11.3 Å². The number of nitrogens with zero attached hydrogens (tertiary/aromatic N) is 2. The van der Waals surface area contributed by atoms with Crippen LogP contribution in [0.2, 0.25) is 0 Å². The van der Waals surface area contributed by atoms with Crippen molar-refractivity contribution in [3.05, 3.63) is 77.8 Å². The molecule has 0 aliphatic rings. The highest BCUT2D eigenvalue weighted by Gasteiger charge is 2.11. The molecule has 118 valence electrons. The number of rotatable bonds is 5. The van der Waals surface area contributed by atoms with Crippen molar-refractivity contribution in [2.24, 2.45) is 0 Å². The van der Waals surface area contributed by atoms with Crippen LogP contribution in [-0.2, 0) is 13.1 Å². The van der Waals surface area contributed by atoms with Gasteiger partial charge in [-0.1, -0.05) is 36.4 Å². The van der Waals surface area contributed by atoms with Crippen molar-refractivity contribution in [1.82, 2.24) is 9.88 Å². The average molecular weight is 314 g/mol. The Morgan fingerprint density at radius 2 is 1.83 bits per heavy atom. The monoisotopic (exact) mass is 314 g/mol. The van der Waals surface area contributed by atoms with Gasteiger partial charge in [-0.3, -0.25) is 4.90 Å². The Labute approximate surface area is 133 Å². The molecular formula is C18H16F2N2O. The smallest absolute Gasteiger partial charge is 0.209 e. The van der Waals surface area contributed by atoms with Crippen molar-refractivity contribution in [3.8, 4) is 11.3 Å². The molecule has 0 amide bonds. The van der Waals surface area contributed by atoms with Gasteiger partial charge in [-0.2, -0.15) is 0 Å². The van der Waals surface area contributed by atoms with Crippen LogP contribution in [0, 0.1) is 11.6 Å². The lowest BCUT2D eigenvalue weighted by Crippen LogP contribution is -2.18. The second-order valence-electron chi connectivity index (χ2n) is 5.39. The molecule has 0 aliphatic heterocycles. The first-order valence-electron chi connectivity index (χ1n) is 7.24. The minimum Gasteiger partial charge on any atom is -0.439 e. The molecule has 3 aromatic rings. The summed E-state index contributed by atoms with van der Waals surface area (Å²) in [5, 5.41) is 0. The van der Waals surface area contributed by atoms with E-state index < -0.39 is 11.6 Å². The fourth-order valence-corrected chi connectivity index (χ4v) is 2.35. The van der Waals surface area contributed by atoms with Gasteiger partial charge < -0.3 is 4.42 Å². The predicted molar refractivity (Wildman–Crippen MR) is 83.5 cm³/mol. The van der Waals surface area contributed by atoms with Gasteiger partial charge in [0.1, 0.15) is 11.6 Å². The van der Waals surface area contributed by atoms with Gasteiger partial charge in [0.15, 0.2) is 5.76 Å². The molecule has 0 fully saturated rings. The topological polar surface area (TPSA) is 29.3 Å². The first kappa shape index (κ1) is 15.4. The molecule has 0 spiro atoms. The van der Waals surface area contributed by atoms with Gasteiger partial charge in [-0.25, -0.2) is 13.8 Å². The molecule has 0 radical (unpaired) electrons. The highest BCUT2D eigenvalue weighted by atomic mass is 19.1. The van der Waals surface area contributed by atoms with E-state index in [0.717, 1.165) is 11.6 Å². The third-order valence-corrected chi connectivity index (χ3v) is 3.47. The molecule has 3 nitrogen and oxygen atoms in total. The number of halogens is 2. The summed E-state index contributed by atoms with van der Waals surface area (Å²) in [6, 6.07) is 13.3. The molecule has 0 aliphatic carbocycles. The van der Waals surface area contributed by atoms with Gasteiger partial charge in [0.25, 0.3) is 0 Å². The third-order valence-electron chi connectivity index (χ3n) is 3.47. The van der Waals surface area contributed by atoms with Crippen LogP contribution in [-0.4, -0.2) is 16.9 Å². The Balaban J connectivity index is 1.66. The number of oxazole rings is 1. The van der Waals surface area contributed by atoms with Crippen molar-refractivity contribution < 1.29 is 13.2 Å². The molecule has 0 unspecified atom stereocenters. The van der Waals surface area contributed by atoms with Gasteiger partial charge in [-0.15, -0.1) is 0 Å². The summed E-state index contributed by atoms with van der Waals surface area (Å²) in [5.41, 5.74) is 1.39. The average Bonchev–Trinajstić information content (AvgIpc) is 2.99. The Morgan fingerprint density at radius 1 is 1.04 bits per heavy atom. The van der Waals surface area contributed by atoms with Gasteiger partial charge in [-0.05, 0) is 13.1 Å². The van der Waals surface area contributed by atoms with E-state index in [9.17, 15) is 8.78 Å². The van der Waals surface area contributed by atoms with Crippen LogP contribution < -0.4 is 0 Å². The van der Waals surface area contributed by atoms with Gasteiger partial charge in [0, 0.05) is 23.7 Å². The number of hydrogen-bond donors (Lipinski definition) is 0. The zero-order valence-electron chi connectivity index (χ0n) is 12.7. The van der Waals surface area contributed by atoms with E-state index in [1.165, 1.54) is 12.1 Å². The van der Waals surface area contributed by atoms with Crippen LogP contribution in [0.1, 0.15) is 11.5 Å². The van der Waals surface area contributed by atoms with Crippen LogP contribution in [0.4, 0.5) is 8.78 Å². The first-order chi connectivity index (χ1) is 11.1. The predicted octanol–water partition coefficient (Wildman–Crippen LogP) is 4.25. The molecule has 0 N–H and O–H groups in total. The summed E-state index contributed by atoms with van der Waals surface area (Å²) >= 11 is 0. The normalized spacial score (nSPS) is 11.1. The minimum absolute atomic E-state index is 0.342. The molecule has 0 saturated heterocycles. The molecule has 1 heterocycles. The molecular weight excluding hydrogens is 298 g/mol. The van der Waals surface area contributed by atoms with Crippen LogP contribution in [0.3, 0.4) is 0 Å². The second kappa shape index (κ2) is 6.71. The highest BCUT2D eigenvalue weighted by molar-refractivity contribution is 5.55. The largest absolute Gasteiger partial charge is 0.439 e. The molecule has 2 aromatic carbocycles. The first-order valence-corrected chi connectivity index (χ1v) is 7.24. The zero-order valence-corrected chi connectivity index (χ0v) is 12.7. The molecule has 5 heteroatoms. The van der Waals surface area contributed by atoms with E-state index in [4.69, 9.17) is 4.42 Å².